The van der Waals surface area contributed by atoms with Gasteiger partial charge in [0.1, 0.15) is 11.6 Å². The maximum atomic E-state index is 12.2. The molecule has 1 amide bonds. The zero-order chi connectivity index (χ0) is 25.8. The van der Waals surface area contributed by atoms with Gasteiger partial charge >= 0.3 is 0 Å². The molecule has 0 spiro atoms. The number of carbonyl (C=O) groups is 1. The lowest BCUT2D eigenvalue weighted by molar-refractivity contribution is -0.124. The molecule has 0 atom stereocenters. The van der Waals surface area contributed by atoms with Crippen molar-refractivity contribution in [2.45, 2.75) is 39.5 Å². The van der Waals surface area contributed by atoms with E-state index in [9.17, 15) is 4.79 Å². The van der Waals surface area contributed by atoms with Crippen molar-refractivity contribution in [2.24, 2.45) is 0 Å². The molecule has 1 fully saturated rings. The maximum Gasteiger partial charge on any atom is 0.258 e. The number of ether oxygens (including phenoxy) is 2. The van der Waals surface area contributed by atoms with E-state index in [4.69, 9.17) is 19.4 Å². The largest absolute Gasteiger partial charge is 0.484 e. The highest BCUT2D eigenvalue weighted by molar-refractivity contribution is 5.78. The number of nitrogens with zero attached hydrogens (tertiary/aromatic N) is 3. The molecule has 9 heteroatoms. The van der Waals surface area contributed by atoms with Crippen LogP contribution < -0.4 is 25.6 Å². The number of carbonyl (C=O) groups excluding carboxylic acids is 1. The summed E-state index contributed by atoms with van der Waals surface area (Å²) in [5.41, 5.74) is 4.52. The summed E-state index contributed by atoms with van der Waals surface area (Å²) in [6.07, 6.45) is 0. The van der Waals surface area contributed by atoms with Gasteiger partial charge in [-0.05, 0) is 57.2 Å². The first-order chi connectivity index (χ1) is 17.8. The second-order valence-corrected chi connectivity index (χ2v) is 10.3. The van der Waals surface area contributed by atoms with Gasteiger partial charge in [-0.3, -0.25) is 4.79 Å². The van der Waals surface area contributed by atoms with Crippen molar-refractivity contribution in [1.29, 1.82) is 0 Å². The Morgan fingerprint density at radius 1 is 1.08 bits per heavy atom. The number of aromatic nitrogens is 2. The Labute approximate surface area is 217 Å². The van der Waals surface area contributed by atoms with Crippen LogP contribution in [0.5, 0.6) is 5.75 Å². The number of benzene rings is 2. The Balaban J connectivity index is 1.33. The monoisotopic (exact) mass is 502 g/mol. The fourth-order valence-corrected chi connectivity index (χ4v) is 4.43. The molecule has 9 nitrogen and oxygen atoms in total. The van der Waals surface area contributed by atoms with Crippen molar-refractivity contribution >= 4 is 23.1 Å². The third kappa shape index (κ3) is 6.36. The minimum atomic E-state index is -0.308. The van der Waals surface area contributed by atoms with Gasteiger partial charge in [-0.1, -0.05) is 12.1 Å². The predicted octanol–water partition coefficient (Wildman–Crippen LogP) is 3.62. The van der Waals surface area contributed by atoms with Gasteiger partial charge in [-0.2, -0.15) is 0 Å². The van der Waals surface area contributed by atoms with Crippen LogP contribution >= 0.6 is 0 Å². The number of hydrogen-bond acceptors (Lipinski definition) is 8. The lowest BCUT2D eigenvalue weighted by Gasteiger charge is -2.29. The standard InChI is InChI=1S/C28H34N6O3/c1-28(2,3)33-25(35)18-37-22-6-4-5-19(15-22)26-31-24-17-36-16-23(24)27(32-26)30-20-7-9-21(10-8-20)34-13-11-29-12-14-34/h4-10,15,29H,11-14,16-18H2,1-3H3,(H,33,35)(H,30,31,32). The van der Waals surface area contributed by atoms with E-state index in [2.05, 4.69) is 45.1 Å². The highest BCUT2D eigenvalue weighted by atomic mass is 16.5. The molecule has 0 saturated carbocycles. The fraction of sp³-hybridized carbons (Fsp3) is 0.393. The summed E-state index contributed by atoms with van der Waals surface area (Å²) in [5.74, 6) is 1.73. The summed E-state index contributed by atoms with van der Waals surface area (Å²) in [6, 6.07) is 15.9. The van der Waals surface area contributed by atoms with E-state index in [1.165, 1.54) is 5.69 Å². The minimum Gasteiger partial charge on any atom is -0.484 e. The highest BCUT2D eigenvalue weighted by Gasteiger charge is 2.21. The summed E-state index contributed by atoms with van der Waals surface area (Å²) in [6.45, 7) is 10.7. The average molecular weight is 503 g/mol. The Bertz CT molecular complexity index is 1250. The van der Waals surface area contributed by atoms with E-state index in [1.807, 2.05) is 45.0 Å². The first kappa shape index (κ1) is 25.0. The van der Waals surface area contributed by atoms with Crippen LogP contribution in [-0.4, -0.2) is 54.2 Å². The Morgan fingerprint density at radius 2 is 1.86 bits per heavy atom. The summed E-state index contributed by atoms with van der Waals surface area (Å²) in [4.78, 5) is 24.2. The predicted molar refractivity (Wildman–Crippen MR) is 144 cm³/mol. The molecule has 2 aliphatic rings. The molecule has 5 rings (SSSR count). The van der Waals surface area contributed by atoms with E-state index >= 15 is 0 Å². The van der Waals surface area contributed by atoms with Crippen LogP contribution in [0, 0.1) is 0 Å². The van der Waals surface area contributed by atoms with Crippen molar-refractivity contribution in [3.05, 3.63) is 59.8 Å². The van der Waals surface area contributed by atoms with Crippen molar-refractivity contribution in [3.8, 4) is 17.1 Å². The topological polar surface area (TPSA) is 101 Å². The fourth-order valence-electron chi connectivity index (χ4n) is 4.43. The zero-order valence-electron chi connectivity index (χ0n) is 21.6. The van der Waals surface area contributed by atoms with E-state index in [0.29, 0.717) is 24.8 Å². The summed E-state index contributed by atoms with van der Waals surface area (Å²) in [5, 5.41) is 9.76. The normalized spacial score (nSPS) is 15.3. The van der Waals surface area contributed by atoms with Gasteiger partial charge in [0.2, 0.25) is 0 Å². The molecule has 2 aromatic carbocycles. The SMILES string of the molecule is CC(C)(C)NC(=O)COc1cccc(-c2nc3c(c(Nc4ccc(N5CCNCC5)cc4)n2)COC3)c1. The molecule has 2 aliphatic heterocycles. The molecule has 3 aromatic rings. The van der Waals surface area contributed by atoms with E-state index < -0.39 is 0 Å². The number of rotatable bonds is 7. The molecule has 1 aromatic heterocycles. The minimum absolute atomic E-state index is 0.0592. The van der Waals surface area contributed by atoms with Gasteiger partial charge in [0, 0.05) is 54.2 Å². The second-order valence-electron chi connectivity index (χ2n) is 10.3. The van der Waals surface area contributed by atoms with Crippen LogP contribution in [0.3, 0.4) is 0 Å². The van der Waals surface area contributed by atoms with Gasteiger partial charge in [0.25, 0.3) is 5.91 Å². The van der Waals surface area contributed by atoms with Gasteiger partial charge < -0.3 is 30.3 Å². The number of fused-ring (bicyclic) bond motifs is 1. The van der Waals surface area contributed by atoms with Crippen molar-refractivity contribution in [3.63, 3.8) is 0 Å². The third-order valence-electron chi connectivity index (χ3n) is 6.17. The number of nitrogens with one attached hydrogen (secondary N) is 3. The highest BCUT2D eigenvalue weighted by Crippen LogP contribution is 2.31. The molecular formula is C28H34N6O3. The third-order valence-corrected chi connectivity index (χ3v) is 6.17. The Morgan fingerprint density at radius 3 is 2.62 bits per heavy atom. The Kier molecular flexibility index (Phi) is 7.25. The first-order valence-corrected chi connectivity index (χ1v) is 12.7. The molecule has 0 radical (unpaired) electrons. The quantitative estimate of drug-likeness (QED) is 0.451. The van der Waals surface area contributed by atoms with E-state index in [1.54, 1.807) is 0 Å². The Hall–Kier alpha value is -3.69. The summed E-state index contributed by atoms with van der Waals surface area (Å²) >= 11 is 0. The first-order valence-electron chi connectivity index (χ1n) is 12.7. The molecule has 194 valence electrons. The van der Waals surface area contributed by atoms with Crippen LogP contribution in [-0.2, 0) is 22.7 Å². The van der Waals surface area contributed by atoms with Crippen molar-refractivity contribution < 1.29 is 14.3 Å². The maximum absolute atomic E-state index is 12.2. The molecule has 0 aliphatic carbocycles. The van der Waals surface area contributed by atoms with Crippen molar-refractivity contribution in [1.82, 2.24) is 20.6 Å². The zero-order valence-corrected chi connectivity index (χ0v) is 21.6. The summed E-state index contributed by atoms with van der Waals surface area (Å²) < 4.78 is 11.4. The molecule has 0 unspecified atom stereocenters. The molecule has 0 bridgehead atoms. The smallest absolute Gasteiger partial charge is 0.258 e. The van der Waals surface area contributed by atoms with Gasteiger partial charge in [-0.25, -0.2) is 9.97 Å². The number of amides is 1. The van der Waals surface area contributed by atoms with Crippen LogP contribution in [0.1, 0.15) is 32.0 Å². The van der Waals surface area contributed by atoms with Gasteiger partial charge in [0.05, 0.1) is 18.9 Å². The van der Waals surface area contributed by atoms with Gasteiger partial charge in [0.15, 0.2) is 12.4 Å². The lowest BCUT2D eigenvalue weighted by Crippen LogP contribution is -2.43. The molecular weight excluding hydrogens is 468 g/mol. The van der Waals surface area contributed by atoms with Gasteiger partial charge in [-0.15, -0.1) is 0 Å². The van der Waals surface area contributed by atoms with Crippen LogP contribution in [0.25, 0.3) is 11.4 Å². The number of anilines is 3. The van der Waals surface area contributed by atoms with E-state index in [-0.39, 0.29) is 18.1 Å². The molecule has 37 heavy (non-hydrogen) atoms. The average Bonchev–Trinajstić information content (AvgIpc) is 3.37. The van der Waals surface area contributed by atoms with Crippen LogP contribution in [0.4, 0.5) is 17.2 Å². The van der Waals surface area contributed by atoms with Crippen molar-refractivity contribution in [2.75, 3.05) is 43.0 Å². The molecule has 1 saturated heterocycles. The lowest BCUT2D eigenvalue weighted by atomic mass is 10.1. The van der Waals surface area contributed by atoms with E-state index in [0.717, 1.165) is 54.5 Å². The molecule has 3 heterocycles. The van der Waals surface area contributed by atoms with Crippen LogP contribution in [0.2, 0.25) is 0 Å². The number of piperazine rings is 1. The number of hydrogen-bond donors (Lipinski definition) is 3. The van der Waals surface area contributed by atoms with Crippen LogP contribution in [0.15, 0.2) is 48.5 Å². The second kappa shape index (κ2) is 10.7. The summed E-state index contributed by atoms with van der Waals surface area (Å²) in [7, 11) is 0. The molecule has 3 N–H and O–H groups in total.